The zero-order valence-electron chi connectivity index (χ0n) is 11.2. The first kappa shape index (κ1) is 14.0. The molecule has 100 valence electrons. The van der Waals surface area contributed by atoms with Crippen LogP contribution in [0.3, 0.4) is 0 Å². The first-order valence-electron chi connectivity index (χ1n) is 6.40. The molecule has 2 nitrogen and oxygen atoms in total. The van der Waals surface area contributed by atoms with E-state index in [0.717, 1.165) is 29.2 Å². The van der Waals surface area contributed by atoms with Crippen molar-refractivity contribution in [3.63, 3.8) is 0 Å². The lowest BCUT2D eigenvalue weighted by Gasteiger charge is -2.29. The molecule has 0 aromatic heterocycles. The average Bonchev–Trinajstić information content (AvgIpc) is 2.38. The summed E-state index contributed by atoms with van der Waals surface area (Å²) in [5, 5.41) is 2.26. The van der Waals surface area contributed by atoms with Crippen molar-refractivity contribution in [3.8, 4) is 0 Å². The number of benzene rings is 2. The van der Waals surface area contributed by atoms with E-state index < -0.39 is 0 Å². The van der Waals surface area contributed by atoms with Crippen molar-refractivity contribution in [1.82, 2.24) is 4.90 Å². The summed E-state index contributed by atoms with van der Waals surface area (Å²) in [4.78, 5) is 14.7. The van der Waals surface area contributed by atoms with Gasteiger partial charge in [0.1, 0.15) is 0 Å². The van der Waals surface area contributed by atoms with Gasteiger partial charge in [0.15, 0.2) is 5.78 Å². The Morgan fingerprint density at radius 3 is 2.58 bits per heavy atom. The first-order valence-corrected chi connectivity index (χ1v) is 6.40. The van der Waals surface area contributed by atoms with Gasteiger partial charge in [0.05, 0.1) is 6.04 Å². The summed E-state index contributed by atoms with van der Waals surface area (Å²) < 4.78 is 0. The molecular formula is C16H18ClNO. The van der Waals surface area contributed by atoms with Crippen LogP contribution in [-0.2, 0) is 6.42 Å². The van der Waals surface area contributed by atoms with Crippen molar-refractivity contribution in [1.29, 1.82) is 0 Å². The van der Waals surface area contributed by atoms with Gasteiger partial charge < -0.3 is 0 Å². The second kappa shape index (κ2) is 5.32. The fourth-order valence-electron chi connectivity index (χ4n) is 2.90. The summed E-state index contributed by atoms with van der Waals surface area (Å²) in [6.07, 6.45) is 1.92. The zero-order valence-corrected chi connectivity index (χ0v) is 12.0. The number of Topliss-reactive ketones (excluding diaryl/α,β-unsaturated/α-hetero) is 1. The van der Waals surface area contributed by atoms with Crippen LogP contribution in [-0.4, -0.2) is 30.8 Å². The molecule has 0 amide bonds. The average molecular weight is 276 g/mol. The van der Waals surface area contributed by atoms with Gasteiger partial charge in [-0.15, -0.1) is 12.4 Å². The van der Waals surface area contributed by atoms with Crippen molar-refractivity contribution in [3.05, 3.63) is 47.5 Å². The third-order valence-electron chi connectivity index (χ3n) is 3.87. The topological polar surface area (TPSA) is 20.3 Å². The van der Waals surface area contributed by atoms with Crippen molar-refractivity contribution in [2.45, 2.75) is 18.9 Å². The summed E-state index contributed by atoms with van der Waals surface area (Å²) in [6.45, 7) is 0. The highest BCUT2D eigenvalue weighted by Crippen LogP contribution is 2.30. The third kappa shape index (κ3) is 2.26. The Labute approximate surface area is 119 Å². The minimum Gasteiger partial charge on any atom is -0.299 e. The van der Waals surface area contributed by atoms with E-state index in [9.17, 15) is 4.79 Å². The highest BCUT2D eigenvalue weighted by molar-refractivity contribution is 6.12. The Morgan fingerprint density at radius 2 is 1.84 bits per heavy atom. The number of rotatable bonds is 1. The summed E-state index contributed by atoms with van der Waals surface area (Å²) in [6, 6.07) is 12.4. The molecule has 1 aliphatic rings. The lowest BCUT2D eigenvalue weighted by atomic mass is 9.83. The molecule has 19 heavy (non-hydrogen) atoms. The maximum atomic E-state index is 12.6. The lowest BCUT2D eigenvalue weighted by Crippen LogP contribution is -2.39. The molecule has 2 aromatic carbocycles. The second-order valence-corrected chi connectivity index (χ2v) is 5.20. The van der Waals surface area contributed by atoms with Crippen LogP contribution in [0.1, 0.15) is 22.3 Å². The van der Waals surface area contributed by atoms with Crippen molar-refractivity contribution >= 4 is 29.0 Å². The second-order valence-electron chi connectivity index (χ2n) is 5.20. The van der Waals surface area contributed by atoms with Gasteiger partial charge in [0.2, 0.25) is 0 Å². The molecule has 1 atom stereocenters. The number of aryl methyl sites for hydroxylation is 1. The maximum Gasteiger partial charge on any atom is 0.180 e. The molecule has 3 heteroatoms. The Morgan fingerprint density at radius 1 is 1.11 bits per heavy atom. The number of nitrogens with zero attached hydrogens (tertiary/aromatic N) is 1. The molecule has 0 radical (unpaired) electrons. The normalized spacial score (nSPS) is 18.3. The molecule has 0 spiro atoms. The van der Waals surface area contributed by atoms with Crippen LogP contribution in [0.2, 0.25) is 0 Å². The minimum absolute atomic E-state index is 0. The van der Waals surface area contributed by atoms with E-state index in [0.29, 0.717) is 0 Å². The Bertz CT molecular complexity index is 621. The molecule has 3 rings (SSSR count). The highest BCUT2D eigenvalue weighted by Gasteiger charge is 2.29. The van der Waals surface area contributed by atoms with Gasteiger partial charge in [-0.2, -0.15) is 0 Å². The molecule has 0 aliphatic heterocycles. The standard InChI is InChI=1S/C16H17NO.ClH/c1-17(2)14-10-9-12-8-7-11-5-3-4-6-13(11)15(12)16(14)18;/h3-8,14H,9-10H2,1-2H3;1H. The lowest BCUT2D eigenvalue weighted by molar-refractivity contribution is 0.0855. The fraction of sp³-hybridized carbons (Fsp3) is 0.312. The molecule has 0 fully saturated rings. The smallest absolute Gasteiger partial charge is 0.180 e. The van der Waals surface area contributed by atoms with Crippen LogP contribution in [0.15, 0.2) is 36.4 Å². The van der Waals surface area contributed by atoms with Crippen LogP contribution < -0.4 is 0 Å². The van der Waals surface area contributed by atoms with E-state index in [4.69, 9.17) is 0 Å². The molecule has 0 bridgehead atoms. The zero-order chi connectivity index (χ0) is 12.7. The largest absolute Gasteiger partial charge is 0.299 e. The van der Waals surface area contributed by atoms with Crippen molar-refractivity contribution in [2.75, 3.05) is 14.1 Å². The van der Waals surface area contributed by atoms with Gasteiger partial charge >= 0.3 is 0 Å². The van der Waals surface area contributed by atoms with E-state index in [1.165, 1.54) is 5.56 Å². The molecule has 0 N–H and O–H groups in total. The highest BCUT2D eigenvalue weighted by atomic mass is 35.5. The number of ketones is 1. The number of halogens is 1. The molecule has 2 aromatic rings. The van der Waals surface area contributed by atoms with Crippen LogP contribution in [0.25, 0.3) is 10.8 Å². The van der Waals surface area contributed by atoms with Gasteiger partial charge in [-0.1, -0.05) is 36.4 Å². The molecule has 0 heterocycles. The van der Waals surface area contributed by atoms with Crippen LogP contribution in [0.4, 0.5) is 0 Å². The predicted octanol–water partition coefficient (Wildman–Crippen LogP) is 3.32. The van der Waals surface area contributed by atoms with E-state index >= 15 is 0 Å². The van der Waals surface area contributed by atoms with Gasteiger partial charge in [-0.05, 0) is 43.3 Å². The van der Waals surface area contributed by atoms with E-state index in [1.54, 1.807) is 0 Å². The maximum absolute atomic E-state index is 12.6. The number of carbonyl (C=O) groups is 1. The summed E-state index contributed by atoms with van der Waals surface area (Å²) in [7, 11) is 3.97. The van der Waals surface area contributed by atoms with E-state index in [-0.39, 0.29) is 24.2 Å². The number of carbonyl (C=O) groups excluding carboxylic acids is 1. The van der Waals surface area contributed by atoms with Gasteiger partial charge in [-0.25, -0.2) is 0 Å². The van der Waals surface area contributed by atoms with Crippen molar-refractivity contribution in [2.24, 2.45) is 0 Å². The minimum atomic E-state index is 0. The predicted molar refractivity (Wildman–Crippen MR) is 81.3 cm³/mol. The number of hydrogen-bond acceptors (Lipinski definition) is 2. The van der Waals surface area contributed by atoms with Gasteiger partial charge in [0, 0.05) is 5.56 Å². The molecule has 0 saturated heterocycles. The number of fused-ring (bicyclic) bond motifs is 3. The van der Waals surface area contributed by atoms with Gasteiger partial charge in [-0.3, -0.25) is 9.69 Å². The summed E-state index contributed by atoms with van der Waals surface area (Å²) in [5.74, 6) is 0.276. The van der Waals surface area contributed by atoms with Crippen LogP contribution in [0, 0.1) is 0 Å². The Kier molecular flexibility index (Phi) is 3.93. The summed E-state index contributed by atoms with van der Waals surface area (Å²) in [5.41, 5.74) is 2.15. The van der Waals surface area contributed by atoms with Crippen molar-refractivity contribution < 1.29 is 4.79 Å². The fourth-order valence-corrected chi connectivity index (χ4v) is 2.90. The Balaban J connectivity index is 0.00000133. The SMILES string of the molecule is CN(C)C1CCc2ccc3ccccc3c2C1=O.Cl. The molecule has 1 unspecified atom stereocenters. The van der Waals surface area contributed by atoms with Gasteiger partial charge in [0.25, 0.3) is 0 Å². The molecule has 0 saturated carbocycles. The first-order chi connectivity index (χ1) is 8.68. The Hall–Kier alpha value is -1.38. The van der Waals surface area contributed by atoms with E-state index in [2.05, 4.69) is 24.3 Å². The van der Waals surface area contributed by atoms with Crippen LogP contribution >= 0.6 is 12.4 Å². The molecule has 1 aliphatic carbocycles. The van der Waals surface area contributed by atoms with E-state index in [1.807, 2.05) is 31.1 Å². The quantitative estimate of drug-likeness (QED) is 0.796. The number of likely N-dealkylation sites (N-methyl/N-ethyl adjacent to an activating group) is 1. The van der Waals surface area contributed by atoms with Crippen LogP contribution in [0.5, 0.6) is 0 Å². The molecular weight excluding hydrogens is 258 g/mol. The monoisotopic (exact) mass is 275 g/mol. The number of hydrogen-bond donors (Lipinski definition) is 0. The summed E-state index contributed by atoms with van der Waals surface area (Å²) >= 11 is 0. The third-order valence-corrected chi connectivity index (χ3v) is 3.87.